The molecule has 66 heavy (non-hydrogen) atoms. The number of aliphatic hydroxyl groups is 1. The SMILES string of the molecule is CC1=CC=CCC1(C)S(=O)(=O)n1ccc2c(-c3ccc4nc(N5CCC(CN6C[C@@H](C)N(C(=O)OC(C)(C)C)C[C@@H]6C)CC5)nc(C(CO)(OC5CC5)c5ccccc5)c4c3)c[nH]c(=O)c21. The molecule has 350 valence electrons. The minimum Gasteiger partial charge on any atom is -0.444 e. The van der Waals surface area contributed by atoms with Gasteiger partial charge < -0.3 is 29.4 Å². The van der Waals surface area contributed by atoms with Gasteiger partial charge in [-0.25, -0.2) is 27.2 Å². The van der Waals surface area contributed by atoms with Gasteiger partial charge in [0, 0.05) is 73.5 Å². The summed E-state index contributed by atoms with van der Waals surface area (Å²) in [6.45, 7) is 17.0. The highest BCUT2D eigenvalue weighted by molar-refractivity contribution is 7.91. The summed E-state index contributed by atoms with van der Waals surface area (Å²) in [6, 6.07) is 17.5. The van der Waals surface area contributed by atoms with Crippen LogP contribution in [0.2, 0.25) is 0 Å². The van der Waals surface area contributed by atoms with Gasteiger partial charge in [0.25, 0.3) is 5.56 Å². The molecule has 0 spiro atoms. The number of benzene rings is 2. The van der Waals surface area contributed by atoms with Gasteiger partial charge >= 0.3 is 6.09 Å². The second-order valence-corrected chi connectivity index (χ2v) is 22.4. The number of ether oxygens (including phenoxy) is 2. The third-order valence-electron chi connectivity index (χ3n) is 14.2. The number of carbonyl (C=O) groups is 1. The molecule has 0 radical (unpaired) electrons. The molecular formula is C51H63N7O7S. The van der Waals surface area contributed by atoms with Crippen LogP contribution in [0.5, 0.6) is 0 Å². The Kier molecular flexibility index (Phi) is 12.1. The molecule has 14 nitrogen and oxygen atoms in total. The van der Waals surface area contributed by atoms with Gasteiger partial charge in [0.15, 0.2) is 5.60 Å². The van der Waals surface area contributed by atoms with Crippen molar-refractivity contribution in [1.82, 2.24) is 28.7 Å². The number of pyridine rings is 1. The van der Waals surface area contributed by atoms with E-state index in [0.29, 0.717) is 57.1 Å². The molecule has 2 N–H and O–H groups in total. The maximum absolute atomic E-state index is 14.4. The van der Waals surface area contributed by atoms with Crippen LogP contribution in [0.25, 0.3) is 32.9 Å². The van der Waals surface area contributed by atoms with Gasteiger partial charge in [-0.2, -0.15) is 0 Å². The molecule has 3 aromatic heterocycles. The smallest absolute Gasteiger partial charge is 0.410 e. The number of anilines is 1. The van der Waals surface area contributed by atoms with Gasteiger partial charge in [-0.1, -0.05) is 60.2 Å². The minimum absolute atomic E-state index is 0.0393. The van der Waals surface area contributed by atoms with Gasteiger partial charge in [0.2, 0.25) is 16.0 Å². The molecule has 2 unspecified atom stereocenters. The molecule has 1 saturated carbocycles. The van der Waals surface area contributed by atoms with Crippen molar-refractivity contribution >= 4 is 43.9 Å². The van der Waals surface area contributed by atoms with E-state index in [9.17, 15) is 23.1 Å². The molecule has 2 aliphatic carbocycles. The number of H-pyrrole nitrogens is 1. The van der Waals surface area contributed by atoms with E-state index < -0.39 is 31.5 Å². The maximum atomic E-state index is 14.4. The van der Waals surface area contributed by atoms with Gasteiger partial charge in [-0.15, -0.1) is 0 Å². The number of nitrogens with one attached hydrogen (secondary N) is 1. The van der Waals surface area contributed by atoms with Crippen LogP contribution in [0, 0.1) is 5.92 Å². The zero-order valence-electron chi connectivity index (χ0n) is 39.2. The van der Waals surface area contributed by atoms with Crippen LogP contribution in [-0.2, 0) is 25.1 Å². The van der Waals surface area contributed by atoms with Crippen molar-refractivity contribution in [1.29, 1.82) is 0 Å². The molecule has 4 aliphatic rings. The van der Waals surface area contributed by atoms with E-state index in [0.717, 1.165) is 61.4 Å². The predicted octanol–water partition coefficient (Wildman–Crippen LogP) is 7.74. The predicted molar refractivity (Wildman–Crippen MR) is 258 cm³/mol. The van der Waals surface area contributed by atoms with Crippen molar-refractivity contribution in [2.75, 3.05) is 44.2 Å². The summed E-state index contributed by atoms with van der Waals surface area (Å²) in [6.07, 6.45) is 12.2. The Bertz CT molecular complexity index is 2880. The summed E-state index contributed by atoms with van der Waals surface area (Å²) in [4.78, 5) is 46.6. The Morgan fingerprint density at radius 3 is 2.39 bits per heavy atom. The summed E-state index contributed by atoms with van der Waals surface area (Å²) in [5.41, 5.74) is 1.68. The van der Waals surface area contributed by atoms with Crippen LogP contribution < -0.4 is 10.5 Å². The van der Waals surface area contributed by atoms with Crippen LogP contribution in [-0.4, -0.2) is 116 Å². The fraction of sp³-hybridized carbons (Fsp3) is 0.490. The standard InChI is InChI=1S/C51H63N7O7S/c1-33-13-11-12-23-50(33,7)66(62,63)58-26-22-40-42(28-52-46(60)44(40)58)37-16-19-43-41(27-37)45(51(32-59,64-39-17-18-39)38-14-9-8-10-15-38)54-47(53-43)55-24-20-36(21-25-55)31-56-29-35(3)57(30-34(56)2)48(61)65-49(4,5)6/h8-16,19,22,26-28,34-36,39,59H,17-18,20-21,23-25,29-32H2,1-7H3,(H,52,60)/t34-,35+,50?,51?/m0/s1. The number of aromatic nitrogens is 4. The van der Waals surface area contributed by atoms with Crippen molar-refractivity contribution in [3.05, 3.63) is 112 Å². The number of hydrogen-bond donors (Lipinski definition) is 2. The van der Waals surface area contributed by atoms with E-state index in [2.05, 4.69) is 28.6 Å². The monoisotopic (exact) mass is 917 g/mol. The minimum atomic E-state index is -4.07. The lowest BCUT2D eigenvalue weighted by Gasteiger charge is -2.46. The number of allylic oxidation sites excluding steroid dienone is 3. The first-order valence-corrected chi connectivity index (χ1v) is 24.8. The number of amides is 1. The van der Waals surface area contributed by atoms with Crippen molar-refractivity contribution < 1.29 is 27.8 Å². The largest absolute Gasteiger partial charge is 0.444 e. The zero-order valence-corrected chi connectivity index (χ0v) is 40.0. The average Bonchev–Trinajstić information content (AvgIpc) is 3.99. The normalized spacial score (nSPS) is 23.3. The number of carbonyl (C=O) groups excluding carboxylic acids is 1. The number of aromatic amines is 1. The molecule has 3 fully saturated rings. The van der Waals surface area contributed by atoms with Gasteiger partial charge in [0.1, 0.15) is 15.9 Å². The van der Waals surface area contributed by atoms with Gasteiger partial charge in [-0.05, 0) is 116 Å². The van der Waals surface area contributed by atoms with E-state index in [1.54, 1.807) is 32.2 Å². The fourth-order valence-electron chi connectivity index (χ4n) is 9.99. The number of rotatable bonds is 11. The van der Waals surface area contributed by atoms with Gasteiger partial charge in [-0.3, -0.25) is 9.69 Å². The molecule has 0 bridgehead atoms. The van der Waals surface area contributed by atoms with E-state index in [4.69, 9.17) is 19.4 Å². The molecular weight excluding hydrogens is 855 g/mol. The number of aliphatic hydroxyl groups excluding tert-OH is 1. The molecule has 15 heteroatoms. The lowest BCUT2D eigenvalue weighted by molar-refractivity contribution is -0.0672. The number of hydrogen-bond acceptors (Lipinski definition) is 11. The van der Waals surface area contributed by atoms with Crippen LogP contribution in [0.3, 0.4) is 0 Å². The average molecular weight is 918 g/mol. The molecule has 1 amide bonds. The molecule has 2 saturated heterocycles. The molecule has 2 aliphatic heterocycles. The summed E-state index contributed by atoms with van der Waals surface area (Å²) < 4.78 is 41.3. The Morgan fingerprint density at radius 1 is 0.970 bits per heavy atom. The Hall–Kier alpha value is -5.35. The van der Waals surface area contributed by atoms with E-state index >= 15 is 0 Å². The van der Waals surface area contributed by atoms with E-state index in [1.165, 1.54) is 6.20 Å². The first-order chi connectivity index (χ1) is 31.4. The highest BCUT2D eigenvalue weighted by Crippen LogP contribution is 2.44. The highest BCUT2D eigenvalue weighted by Gasteiger charge is 2.45. The summed E-state index contributed by atoms with van der Waals surface area (Å²) in [5, 5.41) is 12.8. The fourth-order valence-corrected chi connectivity index (χ4v) is 11.9. The zero-order chi connectivity index (χ0) is 46.8. The van der Waals surface area contributed by atoms with Crippen LogP contribution in [0.4, 0.5) is 10.7 Å². The Balaban J connectivity index is 1.06. The lowest BCUT2D eigenvalue weighted by atomic mass is 9.87. The number of piperazine rings is 1. The number of fused-ring (bicyclic) bond motifs is 2. The van der Waals surface area contributed by atoms with E-state index in [1.807, 2.05) is 86.4 Å². The quantitative estimate of drug-likeness (QED) is 0.133. The van der Waals surface area contributed by atoms with Crippen molar-refractivity contribution in [3.63, 3.8) is 0 Å². The maximum Gasteiger partial charge on any atom is 0.410 e. The first-order valence-electron chi connectivity index (χ1n) is 23.4. The lowest BCUT2D eigenvalue weighted by Crippen LogP contribution is -2.59. The Labute approximate surface area is 387 Å². The summed E-state index contributed by atoms with van der Waals surface area (Å²) in [5.74, 6) is 1.02. The van der Waals surface area contributed by atoms with Crippen molar-refractivity contribution in [3.8, 4) is 11.1 Å². The molecule has 2 aromatic carbocycles. The third-order valence-corrected chi connectivity index (χ3v) is 16.7. The first kappa shape index (κ1) is 45.8. The Morgan fingerprint density at radius 2 is 1.71 bits per heavy atom. The topological polar surface area (TPSA) is 163 Å². The van der Waals surface area contributed by atoms with E-state index in [-0.39, 0.29) is 42.8 Å². The van der Waals surface area contributed by atoms with Gasteiger partial charge in [0.05, 0.1) is 23.9 Å². The van der Waals surface area contributed by atoms with Crippen LogP contribution in [0.15, 0.2) is 95.6 Å². The van der Waals surface area contributed by atoms with Crippen LogP contribution >= 0.6 is 0 Å². The third kappa shape index (κ3) is 8.37. The molecule has 5 heterocycles. The number of piperidine rings is 1. The van der Waals surface area contributed by atoms with Crippen LogP contribution in [0.1, 0.15) is 91.8 Å². The highest BCUT2D eigenvalue weighted by atomic mass is 32.2. The second-order valence-electron chi connectivity index (χ2n) is 20.1. The summed E-state index contributed by atoms with van der Waals surface area (Å²) in [7, 11) is -4.07. The second kappa shape index (κ2) is 17.4. The number of nitrogens with zero attached hydrogens (tertiary/aromatic N) is 6. The molecule has 4 atom stereocenters. The van der Waals surface area contributed by atoms with Crippen molar-refractivity contribution in [2.24, 2.45) is 5.92 Å². The molecule has 9 rings (SSSR count). The van der Waals surface area contributed by atoms with Crippen molar-refractivity contribution in [2.45, 2.75) is 115 Å². The molecule has 5 aromatic rings. The summed E-state index contributed by atoms with van der Waals surface area (Å²) >= 11 is 0.